The van der Waals surface area contributed by atoms with Gasteiger partial charge in [-0.1, -0.05) is 26.7 Å². The highest BCUT2D eigenvalue weighted by Gasteiger charge is 3.46. The molecule has 0 aromatic heterocycles. The number of hydrogen-bond donors (Lipinski definition) is 0. The quantitative estimate of drug-likeness (QED) is 0.118. The lowest BCUT2D eigenvalue weighted by atomic mass is 8.87. The van der Waals surface area contributed by atoms with Crippen molar-refractivity contribution >= 4 is 70.2 Å². The van der Waals surface area contributed by atoms with E-state index in [0.29, 0.717) is 0 Å². The highest BCUT2D eigenvalue weighted by molar-refractivity contribution is 6.72. The van der Waals surface area contributed by atoms with Gasteiger partial charge in [0.1, 0.15) is 0 Å². The predicted octanol–water partition coefficient (Wildman–Crippen LogP) is 7.42. The molecule has 6 aliphatic carbocycles. The minimum Gasteiger partial charge on any atom is -0.404 e. The number of hydrogen-bond acceptors (Lipinski definition) is 8. The van der Waals surface area contributed by atoms with Crippen LogP contribution >= 0.6 is 0 Å². The van der Waals surface area contributed by atoms with Crippen molar-refractivity contribution in [1.29, 1.82) is 0 Å². The van der Waals surface area contributed by atoms with Crippen LogP contribution in [0.2, 0.25) is 123 Å². The highest BCUT2D eigenvalue weighted by atomic mass is 28.4. The minimum atomic E-state index is -2.29. The van der Waals surface area contributed by atoms with Crippen LogP contribution in [0.3, 0.4) is 0 Å². The first-order chi connectivity index (χ1) is 21.2. The van der Waals surface area contributed by atoms with Gasteiger partial charge in [-0.2, -0.15) is 0 Å². The van der Waals surface area contributed by atoms with E-state index < -0.39 is 105 Å². The summed E-state index contributed by atoms with van der Waals surface area (Å²) in [5.74, 6) is 0. The Hall–Kier alpha value is 1.42. The maximum atomic E-state index is 7.81. The summed E-state index contributed by atoms with van der Waals surface area (Å²) in [6, 6.07) is 2.01. The fraction of sp³-hybridized carbons (Fsp3) is 1.00. The fourth-order valence-electron chi connectivity index (χ4n) is 10.7. The maximum absolute atomic E-state index is 7.81. The van der Waals surface area contributed by atoms with Crippen molar-refractivity contribution in [3.05, 3.63) is 0 Å². The fourth-order valence-corrected chi connectivity index (χ4v) is 20.9. The predicted molar refractivity (Wildman–Crippen MR) is 206 cm³/mol. The van der Waals surface area contributed by atoms with Crippen LogP contribution in [-0.4, -0.2) is 115 Å². The van der Waals surface area contributed by atoms with Gasteiger partial charge in [0.2, 0.25) is 36.9 Å². The molecule has 269 valence electrons. The molecule has 8 atom stereocenters. The Bertz CT molecular complexity index is 1250. The Balaban J connectivity index is 1.97. The molecule has 47 heavy (non-hydrogen) atoms. The summed E-state index contributed by atoms with van der Waals surface area (Å²) in [4.78, 5) is 0. The normalized spacial score (nSPS) is 43.0. The standard InChI is InChI=1S/C31H65O8Si8/c1-20-22-23-43(7)35-26-24(32-40-3)25(34-42(6)21-2)27(26,33-41(4)5)31(39-47(17,18)19)29(25,37-45(11,12)13)28(24,36-44(8,9)10)30(26,31)38-46(14,15)16/h20-23H2,1-19H3. The summed E-state index contributed by atoms with van der Waals surface area (Å²) < 4.78 is 61.6. The van der Waals surface area contributed by atoms with E-state index >= 15 is 0 Å². The van der Waals surface area contributed by atoms with Gasteiger partial charge in [0.05, 0.1) is 0 Å². The first kappa shape index (κ1) is 39.6. The molecule has 6 aliphatic rings. The molecule has 0 bridgehead atoms. The van der Waals surface area contributed by atoms with Gasteiger partial charge in [-0.25, -0.2) is 0 Å². The summed E-state index contributed by atoms with van der Waals surface area (Å²) in [6.45, 7) is 43.2. The maximum Gasteiger partial charge on any atom is 0.227 e. The second-order valence-electron chi connectivity index (χ2n) is 18.7. The number of rotatable bonds is 20. The molecule has 0 N–H and O–H groups in total. The third kappa shape index (κ3) is 3.90. The van der Waals surface area contributed by atoms with Crippen molar-refractivity contribution in [1.82, 2.24) is 0 Å². The zero-order valence-corrected chi connectivity index (χ0v) is 41.1. The Kier molecular flexibility index (Phi) is 9.46. The molecule has 6 rings (SSSR count). The van der Waals surface area contributed by atoms with E-state index in [0.717, 1.165) is 24.9 Å². The molecule has 6 saturated carbocycles. The lowest BCUT2D eigenvalue weighted by Crippen LogP contribution is -3.53. The third-order valence-corrected chi connectivity index (χ3v) is 18.7. The molecular weight excluding hydrogens is 725 g/mol. The molecular formula is C31H65O8Si8. The summed E-state index contributed by atoms with van der Waals surface area (Å²) in [5.41, 5.74) is -7.35. The molecule has 0 saturated heterocycles. The van der Waals surface area contributed by atoms with E-state index in [2.05, 4.69) is 125 Å². The van der Waals surface area contributed by atoms with E-state index in [-0.39, 0.29) is 9.76 Å². The van der Waals surface area contributed by atoms with Gasteiger partial charge in [-0.3, -0.25) is 0 Å². The van der Waals surface area contributed by atoms with Crippen LogP contribution in [0.25, 0.3) is 0 Å². The molecule has 0 spiro atoms. The molecule has 6 fully saturated rings. The van der Waals surface area contributed by atoms with Crippen molar-refractivity contribution in [3.8, 4) is 0 Å². The van der Waals surface area contributed by atoms with Crippen LogP contribution in [0.1, 0.15) is 26.7 Å². The van der Waals surface area contributed by atoms with Crippen molar-refractivity contribution in [2.75, 3.05) is 0 Å². The van der Waals surface area contributed by atoms with Gasteiger partial charge in [0.15, 0.2) is 78.1 Å². The average Bonchev–Trinajstić information content (AvgIpc) is 2.87. The second-order valence-corrected chi connectivity index (χ2v) is 43.5. The zero-order valence-electron chi connectivity index (χ0n) is 33.1. The van der Waals surface area contributed by atoms with Crippen LogP contribution < -0.4 is 0 Å². The van der Waals surface area contributed by atoms with E-state index in [9.17, 15) is 0 Å². The van der Waals surface area contributed by atoms with Gasteiger partial charge in [-0.15, -0.1) is 0 Å². The molecule has 0 aromatic rings. The van der Waals surface area contributed by atoms with Crippen LogP contribution in [0.15, 0.2) is 0 Å². The van der Waals surface area contributed by atoms with Crippen molar-refractivity contribution < 1.29 is 35.4 Å². The van der Waals surface area contributed by atoms with Gasteiger partial charge in [0.25, 0.3) is 0 Å². The van der Waals surface area contributed by atoms with Gasteiger partial charge in [0, 0.05) is 0 Å². The van der Waals surface area contributed by atoms with Gasteiger partial charge >= 0.3 is 0 Å². The van der Waals surface area contributed by atoms with Gasteiger partial charge < -0.3 is 35.4 Å². The first-order valence-electron chi connectivity index (χ1n) is 17.9. The Morgan fingerprint density at radius 2 is 0.830 bits per heavy atom. The molecule has 8 unspecified atom stereocenters. The van der Waals surface area contributed by atoms with Gasteiger partial charge in [-0.05, 0) is 123 Å². The summed E-state index contributed by atoms with van der Waals surface area (Å²) in [6.07, 6.45) is 2.27. The third-order valence-electron chi connectivity index (χ3n) is 10.4. The molecule has 0 heterocycles. The smallest absolute Gasteiger partial charge is 0.227 e. The van der Waals surface area contributed by atoms with E-state index in [4.69, 9.17) is 35.4 Å². The topological polar surface area (TPSA) is 73.8 Å². The van der Waals surface area contributed by atoms with Crippen LogP contribution in [0.5, 0.6) is 0 Å². The van der Waals surface area contributed by atoms with Crippen LogP contribution in [-0.2, 0) is 35.4 Å². The molecule has 0 amide bonds. The SMILES string of the molecule is CCCC[Si](C)OC12C3(O[Si]C)C4(O[Si](C)CC)C1(O[Si](C)C)C1(O[Si](C)(C)C)C4(O[Si](C)(C)C)C3(O[Si](C)(C)C)C21O[Si](C)(C)C. The highest BCUT2D eigenvalue weighted by Crippen LogP contribution is 3.16. The number of unbranched alkanes of at least 4 members (excludes halogenated alkanes) is 1. The summed E-state index contributed by atoms with van der Waals surface area (Å²) in [7, 11) is -12.8. The molecule has 0 aliphatic heterocycles. The monoisotopic (exact) mass is 789 g/mol. The molecule has 0 aromatic carbocycles. The minimum absolute atomic E-state index is 0.207. The van der Waals surface area contributed by atoms with Crippen molar-refractivity contribution in [2.24, 2.45) is 0 Å². The second kappa shape index (κ2) is 11.2. The van der Waals surface area contributed by atoms with Crippen LogP contribution in [0, 0.1) is 0 Å². The van der Waals surface area contributed by atoms with E-state index in [1.165, 1.54) is 0 Å². The summed E-state index contributed by atoms with van der Waals surface area (Å²) in [5, 5.41) is 0. The Labute approximate surface area is 299 Å². The molecule has 8 nitrogen and oxygen atoms in total. The van der Waals surface area contributed by atoms with Crippen molar-refractivity contribution in [2.45, 2.75) is 195 Å². The Morgan fingerprint density at radius 3 is 1.13 bits per heavy atom. The largest absolute Gasteiger partial charge is 0.404 e. The molecule has 16 heteroatoms. The summed E-state index contributed by atoms with van der Waals surface area (Å²) >= 11 is 0. The van der Waals surface area contributed by atoms with E-state index in [1.807, 2.05) is 0 Å². The van der Waals surface area contributed by atoms with Crippen molar-refractivity contribution in [3.63, 3.8) is 0 Å². The Morgan fingerprint density at radius 1 is 0.489 bits per heavy atom. The van der Waals surface area contributed by atoms with E-state index in [1.54, 1.807) is 0 Å². The average molecular weight is 791 g/mol. The molecule has 5 radical (unpaired) electrons. The lowest BCUT2D eigenvalue weighted by molar-refractivity contribution is -0.837. The zero-order chi connectivity index (χ0) is 35.9. The first-order valence-corrected chi connectivity index (χ1v) is 39.6. The lowest BCUT2D eigenvalue weighted by Gasteiger charge is -3.24. The van der Waals surface area contributed by atoms with Crippen LogP contribution in [0.4, 0.5) is 0 Å².